The third kappa shape index (κ3) is 2.03. The molecule has 3 rings (SSSR count). The molecule has 5 nitrogen and oxygen atoms in total. The van der Waals surface area contributed by atoms with Gasteiger partial charge >= 0.3 is 0 Å². The van der Waals surface area contributed by atoms with Crippen LogP contribution in [-0.2, 0) is 0 Å². The van der Waals surface area contributed by atoms with E-state index in [2.05, 4.69) is 0 Å². The highest BCUT2D eigenvalue weighted by molar-refractivity contribution is 5.76. The first-order valence-corrected chi connectivity index (χ1v) is 6.44. The monoisotopic (exact) mass is 270 g/mol. The summed E-state index contributed by atoms with van der Waals surface area (Å²) in [6.07, 6.45) is 1.61. The first-order chi connectivity index (χ1) is 9.69. The van der Waals surface area contributed by atoms with Crippen molar-refractivity contribution in [1.29, 1.82) is 0 Å². The number of imidazole rings is 1. The highest BCUT2D eigenvalue weighted by Crippen LogP contribution is 2.17. The van der Waals surface area contributed by atoms with Crippen LogP contribution in [0.15, 0.2) is 48.8 Å². The van der Waals surface area contributed by atoms with Crippen LogP contribution in [0.4, 0.5) is 5.69 Å². The number of nitrogens with zero attached hydrogens (tertiary/aromatic N) is 2. The van der Waals surface area contributed by atoms with Crippen molar-refractivity contribution in [2.75, 3.05) is 12.3 Å². The van der Waals surface area contributed by atoms with E-state index in [1.54, 1.807) is 12.4 Å². The molecule has 2 aromatic carbocycles. The molecule has 3 aromatic rings. The van der Waals surface area contributed by atoms with Gasteiger partial charge in [0.15, 0.2) is 5.52 Å². The predicted molar refractivity (Wildman–Crippen MR) is 76.2 cm³/mol. The highest BCUT2D eigenvalue weighted by atomic mass is 16.5. The number of benzene rings is 2. The molecule has 0 unspecified atom stereocenters. The third-order valence-corrected chi connectivity index (χ3v) is 3.16. The van der Waals surface area contributed by atoms with E-state index in [-0.39, 0.29) is 0 Å². The summed E-state index contributed by atoms with van der Waals surface area (Å²) >= 11 is 0. The van der Waals surface area contributed by atoms with Crippen molar-refractivity contribution in [2.24, 2.45) is 0 Å². The summed E-state index contributed by atoms with van der Waals surface area (Å²) in [5.74, 6) is 0.828. The number of nitrogen functional groups attached to an aromatic ring is 1. The van der Waals surface area contributed by atoms with E-state index in [9.17, 15) is 5.21 Å². The van der Waals surface area contributed by atoms with Crippen LogP contribution in [-0.4, -0.2) is 16.5 Å². The summed E-state index contributed by atoms with van der Waals surface area (Å²) in [7, 11) is 0. The summed E-state index contributed by atoms with van der Waals surface area (Å²) in [6.45, 7) is 2.59. The quantitative estimate of drug-likeness (QED) is 0.435. The van der Waals surface area contributed by atoms with Gasteiger partial charge in [0.2, 0.25) is 5.52 Å². The Kier molecular flexibility index (Phi) is 2.95. The van der Waals surface area contributed by atoms with Gasteiger partial charge < -0.3 is 15.7 Å². The molecule has 0 atom stereocenters. The van der Waals surface area contributed by atoms with Crippen molar-refractivity contribution < 1.29 is 14.5 Å². The van der Waals surface area contributed by atoms with Crippen LogP contribution >= 0.6 is 0 Å². The van der Waals surface area contributed by atoms with E-state index in [0.717, 1.165) is 21.7 Å². The number of anilines is 1. The summed E-state index contributed by atoms with van der Waals surface area (Å²) < 4.78 is 8.39. The van der Waals surface area contributed by atoms with Gasteiger partial charge in [0.05, 0.1) is 6.61 Å². The predicted octanol–water partition coefficient (Wildman–Crippen LogP) is 2.14. The van der Waals surface area contributed by atoms with E-state index in [1.165, 1.54) is 0 Å². The minimum atomic E-state index is 0.616. The Labute approximate surface area is 116 Å². The Hall–Kier alpha value is -2.69. The van der Waals surface area contributed by atoms with E-state index in [0.29, 0.717) is 17.8 Å². The van der Waals surface area contributed by atoms with Crippen LogP contribution in [0.2, 0.25) is 0 Å². The summed E-state index contributed by atoms with van der Waals surface area (Å²) in [5, 5.41) is 9.93. The SMILES string of the molecule is CCOc1ccc(-[n+]2cn(O)c3cc(N)ccc32)cc1. The van der Waals surface area contributed by atoms with Crippen LogP contribution < -0.4 is 15.0 Å². The Bertz CT molecular complexity index is 748. The van der Waals surface area contributed by atoms with E-state index >= 15 is 0 Å². The minimum absolute atomic E-state index is 0.616. The second-order valence-corrected chi connectivity index (χ2v) is 4.51. The third-order valence-electron chi connectivity index (χ3n) is 3.16. The smallest absolute Gasteiger partial charge is 0.290 e. The number of hydrogen-bond acceptors (Lipinski definition) is 3. The summed E-state index contributed by atoms with van der Waals surface area (Å²) in [6, 6.07) is 13.1. The van der Waals surface area contributed by atoms with Crippen molar-refractivity contribution in [3.63, 3.8) is 0 Å². The van der Waals surface area contributed by atoms with Crippen LogP contribution in [0.25, 0.3) is 16.7 Å². The normalized spacial score (nSPS) is 10.8. The molecule has 0 amide bonds. The number of hydrogen-bond donors (Lipinski definition) is 2. The average Bonchev–Trinajstić information content (AvgIpc) is 2.77. The van der Waals surface area contributed by atoms with Crippen LogP contribution in [0.3, 0.4) is 0 Å². The second-order valence-electron chi connectivity index (χ2n) is 4.51. The summed E-state index contributed by atoms with van der Waals surface area (Å²) in [4.78, 5) is 0. The average molecular weight is 270 g/mol. The Balaban J connectivity index is 2.10. The maximum absolute atomic E-state index is 9.93. The van der Waals surface area contributed by atoms with Crippen molar-refractivity contribution in [3.8, 4) is 11.4 Å². The molecule has 0 aliphatic heterocycles. The molecule has 1 heterocycles. The van der Waals surface area contributed by atoms with Gasteiger partial charge in [0, 0.05) is 11.8 Å². The zero-order valence-electron chi connectivity index (χ0n) is 11.2. The topological polar surface area (TPSA) is 64.3 Å². The lowest BCUT2D eigenvalue weighted by molar-refractivity contribution is -0.570. The van der Waals surface area contributed by atoms with Crippen molar-refractivity contribution in [2.45, 2.75) is 6.92 Å². The fourth-order valence-corrected chi connectivity index (χ4v) is 2.24. The fraction of sp³-hybridized carbons (Fsp3) is 0.133. The Morgan fingerprint density at radius 1 is 1.20 bits per heavy atom. The van der Waals surface area contributed by atoms with Gasteiger partial charge in [-0.1, -0.05) is 0 Å². The number of rotatable bonds is 3. The van der Waals surface area contributed by atoms with E-state index in [4.69, 9.17) is 10.5 Å². The Morgan fingerprint density at radius 2 is 1.95 bits per heavy atom. The standard InChI is InChI=1S/C15H16N3O2/c1-2-20-13-6-4-12(5-7-13)17-10-18(19)15-9-11(16)3-8-14(15)17/h3-10,19H,2,16H2,1H3/q+1. The molecule has 5 heteroatoms. The maximum atomic E-state index is 9.93. The second kappa shape index (κ2) is 4.77. The molecular weight excluding hydrogens is 254 g/mol. The zero-order valence-corrected chi connectivity index (χ0v) is 11.2. The molecular formula is C15H16N3O2+. The number of aromatic nitrogens is 2. The lowest BCUT2D eigenvalue weighted by Gasteiger charge is -2.02. The lowest BCUT2D eigenvalue weighted by Crippen LogP contribution is -2.28. The molecule has 0 saturated carbocycles. The summed E-state index contributed by atoms with van der Waals surface area (Å²) in [5.41, 5.74) is 8.85. The van der Waals surface area contributed by atoms with Gasteiger partial charge in [-0.25, -0.2) is 0 Å². The Morgan fingerprint density at radius 3 is 2.65 bits per heavy atom. The van der Waals surface area contributed by atoms with Gasteiger partial charge in [-0.3, -0.25) is 0 Å². The van der Waals surface area contributed by atoms with Gasteiger partial charge in [0.1, 0.15) is 11.4 Å². The van der Waals surface area contributed by atoms with Crippen LogP contribution in [0.5, 0.6) is 5.75 Å². The molecule has 0 aliphatic rings. The van der Waals surface area contributed by atoms with E-state index < -0.39 is 0 Å². The maximum Gasteiger partial charge on any atom is 0.290 e. The van der Waals surface area contributed by atoms with Crippen LogP contribution in [0.1, 0.15) is 6.92 Å². The van der Waals surface area contributed by atoms with Crippen molar-refractivity contribution in [1.82, 2.24) is 4.73 Å². The van der Waals surface area contributed by atoms with Crippen molar-refractivity contribution in [3.05, 3.63) is 48.8 Å². The molecule has 102 valence electrons. The lowest BCUT2D eigenvalue weighted by atomic mass is 10.2. The number of nitrogens with two attached hydrogens (primary N) is 1. The first-order valence-electron chi connectivity index (χ1n) is 6.44. The largest absolute Gasteiger partial charge is 0.494 e. The van der Waals surface area contributed by atoms with Crippen molar-refractivity contribution >= 4 is 16.7 Å². The fourth-order valence-electron chi connectivity index (χ4n) is 2.24. The van der Waals surface area contributed by atoms with Gasteiger partial charge in [-0.2, -0.15) is 4.57 Å². The molecule has 0 fully saturated rings. The van der Waals surface area contributed by atoms with Gasteiger partial charge in [-0.15, -0.1) is 0 Å². The number of fused-ring (bicyclic) bond motifs is 1. The minimum Gasteiger partial charge on any atom is -0.494 e. The molecule has 3 N–H and O–H groups in total. The van der Waals surface area contributed by atoms with Gasteiger partial charge in [0.25, 0.3) is 6.33 Å². The zero-order chi connectivity index (χ0) is 14.1. The number of ether oxygens (including phenoxy) is 1. The van der Waals surface area contributed by atoms with E-state index in [1.807, 2.05) is 47.9 Å². The molecule has 0 aliphatic carbocycles. The molecule has 0 bridgehead atoms. The highest BCUT2D eigenvalue weighted by Gasteiger charge is 2.17. The van der Waals surface area contributed by atoms with Gasteiger partial charge in [-0.05, 0) is 48.1 Å². The molecule has 0 saturated heterocycles. The molecule has 0 spiro atoms. The molecule has 1 aromatic heterocycles. The first kappa shape index (κ1) is 12.3. The molecule has 0 radical (unpaired) electrons. The molecule has 20 heavy (non-hydrogen) atoms. The van der Waals surface area contributed by atoms with Crippen LogP contribution in [0, 0.1) is 0 Å².